The molecule has 4 heterocycles. The molecule has 0 aliphatic carbocycles. The van der Waals surface area contributed by atoms with E-state index in [-0.39, 0.29) is 27.9 Å². The number of methoxy groups -OCH3 is 1. The SMILES string of the molecule is COC(=O)CCN1CCC(CCc2cnc(C(=O)Nc3nc(-c4cc(C#N)cc(C(F)(F)F)c4)c(CN4CCC[C@H]4C)s3)cn2)CC[C@H]1C. The Morgan fingerprint density at radius 1 is 1.06 bits per heavy atom. The zero-order valence-electron chi connectivity index (χ0n) is 28.1. The molecule has 1 unspecified atom stereocenters. The second-order valence-corrected chi connectivity index (χ2v) is 14.1. The van der Waals surface area contributed by atoms with Gasteiger partial charge < -0.3 is 9.64 Å². The Hall–Kier alpha value is -3.93. The standard InChI is InChI=1S/C35H42F3N7O3S/c1-22-5-4-12-45(22)21-30-32(26-15-25(18-39)16-27(17-26)35(36,37)38)42-34(49-30)43-33(47)29-20-40-28(19-41-29)9-8-24-7-6-23(2)44(13-10-24)14-11-31(46)48-3/h15-17,19-20,22-24H,4-14,21H2,1-3H3,(H,42,43,47)/t22-,23-,24?/m1/s1. The molecule has 1 N–H and O–H groups in total. The molecule has 3 atom stereocenters. The minimum atomic E-state index is -4.63. The number of carbonyl (C=O) groups excluding carboxylic acids is 2. The molecule has 2 fully saturated rings. The molecule has 10 nitrogen and oxygen atoms in total. The van der Waals surface area contributed by atoms with Crippen molar-refractivity contribution in [2.24, 2.45) is 5.92 Å². The van der Waals surface area contributed by atoms with Gasteiger partial charge in [0.2, 0.25) is 0 Å². The van der Waals surface area contributed by atoms with Crippen LogP contribution in [0.2, 0.25) is 0 Å². The summed E-state index contributed by atoms with van der Waals surface area (Å²) in [6, 6.07) is 5.75. The molecule has 5 rings (SSSR count). The monoisotopic (exact) mass is 697 g/mol. The van der Waals surface area contributed by atoms with E-state index in [0.29, 0.717) is 48.1 Å². The molecule has 0 spiro atoms. The normalized spacial score (nSPS) is 20.5. The number of halogens is 3. The summed E-state index contributed by atoms with van der Waals surface area (Å²) in [7, 11) is 1.41. The topological polar surface area (TPSA) is 124 Å². The molecule has 0 bridgehead atoms. The second kappa shape index (κ2) is 16.2. The first kappa shape index (κ1) is 36.4. The van der Waals surface area contributed by atoms with E-state index in [0.717, 1.165) is 75.9 Å². The van der Waals surface area contributed by atoms with Gasteiger partial charge in [-0.25, -0.2) is 9.97 Å². The number of aromatic nitrogens is 3. The lowest BCUT2D eigenvalue weighted by atomic mass is 9.94. The van der Waals surface area contributed by atoms with Gasteiger partial charge in [-0.05, 0) is 96.0 Å². The molecule has 14 heteroatoms. The van der Waals surface area contributed by atoms with Crippen molar-refractivity contribution in [3.8, 4) is 17.3 Å². The number of nitrogens with zero attached hydrogens (tertiary/aromatic N) is 6. The van der Waals surface area contributed by atoms with Crippen LogP contribution in [0.25, 0.3) is 11.3 Å². The predicted octanol–water partition coefficient (Wildman–Crippen LogP) is 6.71. The van der Waals surface area contributed by atoms with E-state index < -0.39 is 17.6 Å². The van der Waals surface area contributed by atoms with Gasteiger partial charge in [-0.15, -0.1) is 0 Å². The van der Waals surface area contributed by atoms with Crippen molar-refractivity contribution in [1.29, 1.82) is 5.26 Å². The van der Waals surface area contributed by atoms with Gasteiger partial charge in [0, 0.05) is 41.8 Å². The summed E-state index contributed by atoms with van der Waals surface area (Å²) in [4.78, 5) is 43.5. The van der Waals surface area contributed by atoms with Crippen LogP contribution in [0.3, 0.4) is 0 Å². The number of amides is 1. The molecule has 1 aromatic carbocycles. The summed E-state index contributed by atoms with van der Waals surface area (Å²) in [6.07, 6.45) is 5.70. The minimum Gasteiger partial charge on any atom is -0.469 e. The number of aryl methyl sites for hydroxylation is 1. The van der Waals surface area contributed by atoms with E-state index in [1.807, 2.05) is 6.07 Å². The van der Waals surface area contributed by atoms with Crippen LogP contribution in [0, 0.1) is 17.2 Å². The highest BCUT2D eigenvalue weighted by molar-refractivity contribution is 7.16. The minimum absolute atomic E-state index is 0.102. The van der Waals surface area contributed by atoms with Crippen molar-refractivity contribution < 1.29 is 27.5 Å². The molecule has 2 aliphatic rings. The number of thiazole rings is 1. The Morgan fingerprint density at radius 2 is 1.86 bits per heavy atom. The fourth-order valence-electron chi connectivity index (χ4n) is 6.59. The summed E-state index contributed by atoms with van der Waals surface area (Å²) in [5.74, 6) is -0.192. The first-order valence-corrected chi connectivity index (χ1v) is 17.5. The molecule has 3 aromatic rings. The van der Waals surface area contributed by atoms with Gasteiger partial charge in [-0.2, -0.15) is 18.4 Å². The van der Waals surface area contributed by atoms with Crippen molar-refractivity contribution in [3.05, 3.63) is 58.0 Å². The Kier molecular flexibility index (Phi) is 12.0. The van der Waals surface area contributed by atoms with E-state index in [4.69, 9.17) is 4.74 Å². The average Bonchev–Trinajstić information content (AvgIpc) is 3.63. The van der Waals surface area contributed by atoms with E-state index in [2.05, 4.69) is 43.9 Å². The van der Waals surface area contributed by atoms with Gasteiger partial charge in [-0.3, -0.25) is 24.8 Å². The molecule has 2 aliphatic heterocycles. The number of anilines is 1. The quantitative estimate of drug-likeness (QED) is 0.218. The maximum absolute atomic E-state index is 13.7. The van der Waals surface area contributed by atoms with Crippen LogP contribution < -0.4 is 5.32 Å². The molecular weight excluding hydrogens is 655 g/mol. The second-order valence-electron chi connectivity index (χ2n) is 13.0. The molecular formula is C35H42F3N7O3S. The number of nitrogens with one attached hydrogen (secondary N) is 1. The largest absolute Gasteiger partial charge is 0.469 e. The number of hydrogen-bond acceptors (Lipinski definition) is 10. The van der Waals surface area contributed by atoms with Crippen LogP contribution >= 0.6 is 11.3 Å². The highest BCUT2D eigenvalue weighted by atomic mass is 32.1. The molecule has 0 radical (unpaired) electrons. The summed E-state index contributed by atoms with van der Waals surface area (Å²) in [5, 5.41) is 12.4. The van der Waals surface area contributed by atoms with Crippen molar-refractivity contribution in [1.82, 2.24) is 24.8 Å². The van der Waals surface area contributed by atoms with Crippen LogP contribution in [-0.4, -0.2) is 75.5 Å². The number of ether oxygens (including phenoxy) is 1. The lowest BCUT2D eigenvalue weighted by Gasteiger charge is -2.26. The Labute approximate surface area is 288 Å². The van der Waals surface area contributed by atoms with Crippen LogP contribution in [0.1, 0.15) is 91.0 Å². The molecule has 262 valence electrons. The molecule has 2 aromatic heterocycles. The smallest absolute Gasteiger partial charge is 0.416 e. The van der Waals surface area contributed by atoms with Gasteiger partial charge in [0.05, 0.1) is 48.3 Å². The molecule has 2 saturated heterocycles. The van der Waals surface area contributed by atoms with E-state index in [1.54, 1.807) is 6.20 Å². The zero-order chi connectivity index (χ0) is 35.1. The Bertz CT molecular complexity index is 1660. The van der Waals surface area contributed by atoms with Gasteiger partial charge in [-0.1, -0.05) is 11.3 Å². The molecule has 1 amide bonds. The number of hydrogen-bond donors (Lipinski definition) is 1. The first-order chi connectivity index (χ1) is 23.4. The van der Waals surface area contributed by atoms with Crippen LogP contribution in [0.4, 0.5) is 18.3 Å². The van der Waals surface area contributed by atoms with Crippen LogP contribution in [0.15, 0.2) is 30.6 Å². The third-order valence-electron chi connectivity index (χ3n) is 9.64. The number of likely N-dealkylation sites (tertiary alicyclic amines) is 2. The van der Waals surface area contributed by atoms with Crippen molar-refractivity contribution in [2.45, 2.75) is 90.0 Å². The van der Waals surface area contributed by atoms with Crippen LogP contribution in [-0.2, 0) is 28.7 Å². The fourth-order valence-corrected chi connectivity index (χ4v) is 7.59. The Balaban J connectivity index is 1.24. The number of rotatable bonds is 11. The number of alkyl halides is 3. The Morgan fingerprint density at radius 3 is 2.53 bits per heavy atom. The lowest BCUT2D eigenvalue weighted by Crippen LogP contribution is -2.34. The van der Waals surface area contributed by atoms with E-state index in [1.165, 1.54) is 30.7 Å². The summed E-state index contributed by atoms with van der Waals surface area (Å²) >= 11 is 1.20. The molecule has 0 saturated carbocycles. The third kappa shape index (κ3) is 9.61. The zero-order valence-corrected chi connectivity index (χ0v) is 28.9. The summed E-state index contributed by atoms with van der Waals surface area (Å²) in [6.45, 7) is 7.25. The predicted molar refractivity (Wildman–Crippen MR) is 180 cm³/mol. The molecule has 49 heavy (non-hydrogen) atoms. The third-order valence-corrected chi connectivity index (χ3v) is 10.6. The summed E-state index contributed by atoms with van der Waals surface area (Å²) in [5.41, 5.74) is 0.320. The summed E-state index contributed by atoms with van der Waals surface area (Å²) < 4.78 is 45.9. The first-order valence-electron chi connectivity index (χ1n) is 16.7. The van der Waals surface area contributed by atoms with E-state index in [9.17, 15) is 28.0 Å². The average molecular weight is 698 g/mol. The number of esters is 1. The van der Waals surface area contributed by atoms with E-state index >= 15 is 0 Å². The van der Waals surface area contributed by atoms with Crippen molar-refractivity contribution in [3.63, 3.8) is 0 Å². The highest BCUT2D eigenvalue weighted by Crippen LogP contribution is 2.38. The number of benzene rings is 1. The van der Waals surface area contributed by atoms with Crippen molar-refractivity contribution in [2.75, 3.05) is 32.1 Å². The van der Waals surface area contributed by atoms with Gasteiger partial charge in [0.25, 0.3) is 5.91 Å². The number of carbonyl (C=O) groups is 2. The lowest BCUT2D eigenvalue weighted by molar-refractivity contribution is -0.141. The maximum Gasteiger partial charge on any atom is 0.416 e. The fraction of sp³-hybridized carbons (Fsp3) is 0.543. The van der Waals surface area contributed by atoms with Crippen LogP contribution in [0.5, 0.6) is 0 Å². The van der Waals surface area contributed by atoms with Gasteiger partial charge >= 0.3 is 12.1 Å². The number of nitriles is 1. The highest BCUT2D eigenvalue weighted by Gasteiger charge is 2.32. The van der Waals surface area contributed by atoms with Gasteiger partial charge in [0.15, 0.2) is 5.13 Å². The van der Waals surface area contributed by atoms with Gasteiger partial charge in [0.1, 0.15) is 5.69 Å². The maximum atomic E-state index is 13.7. The van der Waals surface area contributed by atoms with Crippen molar-refractivity contribution >= 4 is 28.3 Å².